The molecule has 1 aliphatic rings. The summed E-state index contributed by atoms with van der Waals surface area (Å²) in [5, 5.41) is 2.96. The fraction of sp³-hybridized carbons (Fsp3) is 0.318. The van der Waals surface area contributed by atoms with Crippen molar-refractivity contribution in [1.82, 2.24) is 14.9 Å². The zero-order valence-electron chi connectivity index (χ0n) is 16.4. The van der Waals surface area contributed by atoms with Gasteiger partial charge in [-0.1, -0.05) is 24.3 Å². The number of carbonyl (C=O) groups excluding carboxylic acids is 1. The minimum Gasteiger partial charge on any atom is -0.423 e. The normalized spacial score (nSPS) is 15.1. The van der Waals surface area contributed by atoms with Crippen LogP contribution >= 0.6 is 0 Å². The van der Waals surface area contributed by atoms with Crippen LogP contribution in [0.15, 0.2) is 62.2 Å². The molecule has 154 valence electrons. The molecule has 4 aromatic rings. The van der Waals surface area contributed by atoms with Crippen molar-refractivity contribution in [3.63, 3.8) is 0 Å². The summed E-state index contributed by atoms with van der Waals surface area (Å²) >= 11 is 0. The topological polar surface area (TPSA) is 93.5 Å². The fourth-order valence-corrected chi connectivity index (χ4v) is 3.95. The molecule has 2 aromatic carbocycles. The number of hydrogen-bond donors (Lipinski definition) is 1. The highest BCUT2D eigenvalue weighted by atomic mass is 16.4. The molecular weight excluding hydrogens is 384 g/mol. The van der Waals surface area contributed by atoms with Crippen molar-refractivity contribution >= 4 is 34.1 Å². The summed E-state index contributed by atoms with van der Waals surface area (Å²) in [4.78, 5) is 31.1. The van der Waals surface area contributed by atoms with E-state index in [0.29, 0.717) is 29.6 Å². The largest absolute Gasteiger partial charge is 0.423 e. The van der Waals surface area contributed by atoms with E-state index < -0.39 is 5.76 Å². The van der Waals surface area contributed by atoms with Crippen molar-refractivity contribution in [2.24, 2.45) is 5.92 Å². The number of hydrogen-bond acceptors (Lipinski definition) is 6. The first-order chi connectivity index (χ1) is 14.7. The Morgan fingerprint density at radius 1 is 1.03 bits per heavy atom. The Kier molecular flexibility index (Phi) is 4.74. The van der Waals surface area contributed by atoms with Gasteiger partial charge < -0.3 is 19.1 Å². The van der Waals surface area contributed by atoms with E-state index >= 15 is 0 Å². The molecule has 3 heterocycles. The van der Waals surface area contributed by atoms with Gasteiger partial charge in [0, 0.05) is 19.6 Å². The Balaban J connectivity index is 1.14. The molecule has 30 heavy (non-hydrogen) atoms. The molecule has 8 heteroatoms. The van der Waals surface area contributed by atoms with Gasteiger partial charge in [0.05, 0.1) is 5.52 Å². The van der Waals surface area contributed by atoms with Crippen molar-refractivity contribution in [3.8, 4) is 0 Å². The lowest BCUT2D eigenvalue weighted by Gasteiger charge is -2.30. The lowest BCUT2D eigenvalue weighted by molar-refractivity contribution is -0.121. The van der Waals surface area contributed by atoms with Crippen LogP contribution in [0.25, 0.3) is 22.2 Å². The molecular formula is C22H22N4O4. The predicted molar refractivity (Wildman–Crippen MR) is 112 cm³/mol. The number of nitrogens with one attached hydrogen (secondary N) is 1. The molecule has 5 rings (SSSR count). The van der Waals surface area contributed by atoms with Gasteiger partial charge in [-0.2, -0.15) is 4.98 Å². The van der Waals surface area contributed by atoms with E-state index in [9.17, 15) is 9.59 Å². The average molecular weight is 406 g/mol. The van der Waals surface area contributed by atoms with Crippen LogP contribution in [0.2, 0.25) is 0 Å². The van der Waals surface area contributed by atoms with Gasteiger partial charge in [-0.3, -0.25) is 9.36 Å². The van der Waals surface area contributed by atoms with Crippen LogP contribution in [-0.2, 0) is 11.3 Å². The number of nitrogens with zero attached hydrogens (tertiary/aromatic N) is 3. The first kappa shape index (κ1) is 18.5. The quantitative estimate of drug-likeness (QED) is 0.548. The number of oxazole rings is 2. The Morgan fingerprint density at radius 2 is 1.77 bits per heavy atom. The summed E-state index contributed by atoms with van der Waals surface area (Å²) in [6.07, 6.45) is 1.88. The Hall–Kier alpha value is -3.55. The van der Waals surface area contributed by atoms with Gasteiger partial charge in [0.15, 0.2) is 11.2 Å². The van der Waals surface area contributed by atoms with Crippen LogP contribution in [-0.4, -0.2) is 35.1 Å². The molecule has 0 atom stereocenters. The molecule has 1 amide bonds. The van der Waals surface area contributed by atoms with Gasteiger partial charge in [0.2, 0.25) is 5.91 Å². The van der Waals surface area contributed by atoms with Crippen LogP contribution in [0, 0.1) is 5.92 Å². The number of benzene rings is 2. The molecule has 1 saturated heterocycles. The van der Waals surface area contributed by atoms with Gasteiger partial charge >= 0.3 is 5.76 Å². The molecule has 2 aromatic heterocycles. The summed E-state index contributed by atoms with van der Waals surface area (Å²) in [7, 11) is 0. The number of piperidine rings is 1. The van der Waals surface area contributed by atoms with Gasteiger partial charge in [-0.15, -0.1) is 0 Å². The zero-order valence-corrected chi connectivity index (χ0v) is 16.4. The second-order valence-corrected chi connectivity index (χ2v) is 7.62. The van der Waals surface area contributed by atoms with E-state index in [-0.39, 0.29) is 12.5 Å². The maximum atomic E-state index is 12.4. The van der Waals surface area contributed by atoms with E-state index in [1.165, 1.54) is 4.57 Å². The van der Waals surface area contributed by atoms with E-state index in [0.717, 1.165) is 37.0 Å². The minimum absolute atomic E-state index is 0.0441. The van der Waals surface area contributed by atoms with Crippen LogP contribution in [0.5, 0.6) is 0 Å². The highest BCUT2D eigenvalue weighted by molar-refractivity contribution is 5.79. The molecule has 1 aliphatic heterocycles. The zero-order chi connectivity index (χ0) is 20.5. The van der Waals surface area contributed by atoms with Crippen molar-refractivity contribution in [2.75, 3.05) is 24.5 Å². The summed E-state index contributed by atoms with van der Waals surface area (Å²) in [5.74, 6) is -0.324. The number of amides is 1. The molecule has 0 spiro atoms. The van der Waals surface area contributed by atoms with Crippen LogP contribution in [0.1, 0.15) is 12.8 Å². The molecule has 1 fully saturated rings. The number of anilines is 1. The Bertz CT molecular complexity index is 1210. The highest BCUT2D eigenvalue weighted by Gasteiger charge is 2.23. The van der Waals surface area contributed by atoms with E-state index in [1.807, 2.05) is 30.3 Å². The Morgan fingerprint density at radius 3 is 2.57 bits per heavy atom. The van der Waals surface area contributed by atoms with Crippen molar-refractivity contribution in [1.29, 1.82) is 0 Å². The SMILES string of the molecule is O=C(Cn1c(=O)oc2ccccc21)NCC1CCN(c2nc3ccccc3o2)CC1. The number of fused-ring (bicyclic) bond motifs is 2. The van der Waals surface area contributed by atoms with Crippen LogP contribution < -0.4 is 16.0 Å². The fourth-order valence-electron chi connectivity index (χ4n) is 3.95. The highest BCUT2D eigenvalue weighted by Crippen LogP contribution is 2.26. The lowest BCUT2D eigenvalue weighted by atomic mass is 9.97. The van der Waals surface area contributed by atoms with Gasteiger partial charge in [-0.05, 0) is 43.0 Å². The summed E-state index contributed by atoms with van der Waals surface area (Å²) in [6, 6.07) is 15.5. The van der Waals surface area contributed by atoms with Gasteiger partial charge in [-0.25, -0.2) is 4.79 Å². The third-order valence-electron chi connectivity index (χ3n) is 5.63. The predicted octanol–water partition coefficient (Wildman–Crippen LogP) is 2.77. The number of rotatable bonds is 5. The first-order valence-electron chi connectivity index (χ1n) is 10.1. The summed E-state index contributed by atoms with van der Waals surface area (Å²) in [5.41, 5.74) is 2.78. The summed E-state index contributed by atoms with van der Waals surface area (Å²) in [6.45, 7) is 2.21. The molecule has 0 unspecified atom stereocenters. The second-order valence-electron chi connectivity index (χ2n) is 7.62. The lowest BCUT2D eigenvalue weighted by Crippen LogP contribution is -2.40. The Labute approximate surface area is 172 Å². The maximum absolute atomic E-state index is 12.4. The third kappa shape index (κ3) is 3.56. The monoisotopic (exact) mass is 406 g/mol. The van der Waals surface area contributed by atoms with Gasteiger partial charge in [0.25, 0.3) is 6.01 Å². The summed E-state index contributed by atoms with van der Waals surface area (Å²) < 4.78 is 12.4. The molecule has 8 nitrogen and oxygen atoms in total. The van der Waals surface area contributed by atoms with Crippen LogP contribution in [0.3, 0.4) is 0 Å². The smallest absolute Gasteiger partial charge is 0.420 e. The second kappa shape index (κ2) is 7.70. The first-order valence-corrected chi connectivity index (χ1v) is 10.1. The third-order valence-corrected chi connectivity index (χ3v) is 5.63. The maximum Gasteiger partial charge on any atom is 0.420 e. The van der Waals surface area contributed by atoms with Crippen molar-refractivity contribution in [3.05, 3.63) is 59.1 Å². The van der Waals surface area contributed by atoms with Crippen LogP contribution in [0.4, 0.5) is 6.01 Å². The number of aromatic nitrogens is 2. The van der Waals surface area contributed by atoms with E-state index in [2.05, 4.69) is 15.2 Å². The number of para-hydroxylation sites is 4. The minimum atomic E-state index is -0.516. The van der Waals surface area contributed by atoms with Gasteiger partial charge in [0.1, 0.15) is 12.1 Å². The average Bonchev–Trinajstić information content (AvgIpc) is 3.34. The van der Waals surface area contributed by atoms with E-state index in [4.69, 9.17) is 8.83 Å². The standard InChI is InChI=1S/C22H22N4O4/c27-20(14-26-17-6-2-4-8-19(17)30-22(26)28)23-13-15-9-11-25(12-10-15)21-24-16-5-1-3-7-18(16)29-21/h1-8,15H,9-14H2,(H,23,27). The number of carbonyl (C=O) groups is 1. The molecule has 0 aliphatic carbocycles. The van der Waals surface area contributed by atoms with Crippen molar-refractivity contribution < 1.29 is 13.6 Å². The van der Waals surface area contributed by atoms with E-state index in [1.54, 1.807) is 18.2 Å². The molecule has 0 radical (unpaired) electrons. The molecule has 1 N–H and O–H groups in total. The molecule has 0 saturated carbocycles. The van der Waals surface area contributed by atoms with Crippen molar-refractivity contribution in [2.45, 2.75) is 19.4 Å². The molecule has 0 bridgehead atoms.